The van der Waals surface area contributed by atoms with Crippen LogP contribution in [-0.4, -0.2) is 54.2 Å². The van der Waals surface area contributed by atoms with Gasteiger partial charge in [0.25, 0.3) is 11.6 Å². The fraction of sp³-hybridized carbons (Fsp3) is 0.481. The minimum Gasteiger partial charge on any atom is -0.432 e. The summed E-state index contributed by atoms with van der Waals surface area (Å²) in [5.41, 5.74) is 0.497. The largest absolute Gasteiger partial charge is 0.432 e. The molecule has 2 N–H and O–H groups in total. The van der Waals surface area contributed by atoms with Gasteiger partial charge in [0.2, 0.25) is 5.91 Å². The zero-order chi connectivity index (χ0) is 27.4. The number of fused-ring (bicyclic) bond motifs is 2. The molecule has 2 aromatic carbocycles. The van der Waals surface area contributed by atoms with Crippen molar-refractivity contribution in [3.05, 3.63) is 63.7 Å². The van der Waals surface area contributed by atoms with Crippen molar-refractivity contribution in [2.45, 2.75) is 63.1 Å². The second-order valence-corrected chi connectivity index (χ2v) is 15.0. The lowest BCUT2D eigenvalue weighted by molar-refractivity contribution is -0.385. The molecule has 3 heterocycles. The van der Waals surface area contributed by atoms with E-state index in [1.165, 1.54) is 12.1 Å². The van der Waals surface area contributed by atoms with Crippen molar-refractivity contribution < 1.29 is 29.2 Å². The molecule has 0 aliphatic carbocycles. The van der Waals surface area contributed by atoms with Crippen molar-refractivity contribution in [1.29, 1.82) is 0 Å². The molecule has 2 fully saturated rings. The standard InChI is InChI=1S/C27H33N3O7Si/c1-17-25(38(2,3)36)23(11-13-31)37-27(17)21-15-20(30(34)35)9-10-22(21)29(26(27)33)16-18-6-4-7-19(14-18)28-12-5-8-24(28)32/h4,6-7,9-10,14-15,17,23,25,31,36H,5,8,11-13,16H2,1-3H3/t17-,23+,25-,27+/m0/s1. The Bertz CT molecular complexity index is 1300. The molecule has 0 aromatic heterocycles. The van der Waals surface area contributed by atoms with E-state index in [-0.39, 0.29) is 42.6 Å². The third-order valence-corrected chi connectivity index (χ3v) is 10.7. The summed E-state index contributed by atoms with van der Waals surface area (Å²) >= 11 is 0. The first kappa shape index (κ1) is 26.5. The SMILES string of the molecule is C[C@H]1[C@H]([Si](C)(C)O)[C@@H](CCO)O[C@]12C(=O)N(Cc1cccc(N3CCCC3=O)c1)c1ccc([N+](=O)[O-])cc12. The van der Waals surface area contributed by atoms with Crippen LogP contribution in [0.2, 0.25) is 18.6 Å². The first-order valence-corrected chi connectivity index (χ1v) is 16.0. The number of aliphatic hydroxyl groups is 1. The summed E-state index contributed by atoms with van der Waals surface area (Å²) in [5.74, 6) is -0.745. The van der Waals surface area contributed by atoms with Crippen LogP contribution in [0, 0.1) is 16.0 Å². The van der Waals surface area contributed by atoms with Gasteiger partial charge in [0.1, 0.15) is 0 Å². The fourth-order valence-electron chi connectivity index (χ4n) is 6.66. The molecule has 5 rings (SSSR count). The van der Waals surface area contributed by atoms with Crippen LogP contribution in [0.3, 0.4) is 0 Å². The minimum atomic E-state index is -2.87. The lowest BCUT2D eigenvalue weighted by Gasteiger charge is -2.32. The number of benzene rings is 2. The first-order valence-electron chi connectivity index (χ1n) is 13.0. The maximum absolute atomic E-state index is 14.3. The molecule has 0 radical (unpaired) electrons. The van der Waals surface area contributed by atoms with Gasteiger partial charge in [-0.15, -0.1) is 0 Å². The molecule has 2 amide bonds. The molecule has 2 saturated heterocycles. The second-order valence-electron chi connectivity index (χ2n) is 11.0. The number of ether oxygens (including phenoxy) is 1. The van der Waals surface area contributed by atoms with Crippen LogP contribution in [0.5, 0.6) is 0 Å². The van der Waals surface area contributed by atoms with E-state index in [1.54, 1.807) is 29.0 Å². The Morgan fingerprint density at radius 1 is 1.21 bits per heavy atom. The van der Waals surface area contributed by atoms with Gasteiger partial charge >= 0.3 is 0 Å². The zero-order valence-corrected chi connectivity index (χ0v) is 22.8. The van der Waals surface area contributed by atoms with Gasteiger partial charge in [-0.1, -0.05) is 19.1 Å². The van der Waals surface area contributed by atoms with E-state index < -0.39 is 30.9 Å². The molecule has 202 valence electrons. The van der Waals surface area contributed by atoms with E-state index in [4.69, 9.17) is 4.74 Å². The number of carbonyl (C=O) groups is 2. The molecule has 10 nitrogen and oxygen atoms in total. The number of aliphatic hydroxyl groups excluding tert-OH is 1. The summed E-state index contributed by atoms with van der Waals surface area (Å²) in [5, 5.41) is 21.4. The van der Waals surface area contributed by atoms with Crippen molar-refractivity contribution in [3.8, 4) is 0 Å². The molecular weight excluding hydrogens is 506 g/mol. The molecular formula is C27H33N3O7Si. The lowest BCUT2D eigenvalue weighted by Crippen LogP contribution is -2.46. The average molecular weight is 540 g/mol. The Labute approximate surface area is 222 Å². The Kier molecular flexibility index (Phi) is 6.67. The number of carbonyl (C=O) groups excluding carboxylic acids is 2. The van der Waals surface area contributed by atoms with Crippen molar-refractivity contribution >= 4 is 37.2 Å². The fourth-order valence-corrected chi connectivity index (χ4v) is 9.26. The third-order valence-electron chi connectivity index (χ3n) is 8.23. The molecule has 0 saturated carbocycles. The highest BCUT2D eigenvalue weighted by Gasteiger charge is 2.66. The Morgan fingerprint density at radius 3 is 2.61 bits per heavy atom. The van der Waals surface area contributed by atoms with Crippen LogP contribution in [0.15, 0.2) is 42.5 Å². The second kappa shape index (κ2) is 9.56. The van der Waals surface area contributed by atoms with Gasteiger partial charge in [0.05, 0.1) is 23.3 Å². The molecule has 1 spiro atoms. The van der Waals surface area contributed by atoms with Gasteiger partial charge in [-0.05, 0) is 49.7 Å². The van der Waals surface area contributed by atoms with E-state index in [0.29, 0.717) is 24.2 Å². The van der Waals surface area contributed by atoms with Crippen LogP contribution < -0.4 is 9.80 Å². The number of nitro groups is 1. The van der Waals surface area contributed by atoms with E-state index in [1.807, 2.05) is 31.2 Å². The predicted molar refractivity (Wildman–Crippen MR) is 143 cm³/mol. The summed E-state index contributed by atoms with van der Waals surface area (Å²) in [4.78, 5) is 52.3. The zero-order valence-electron chi connectivity index (χ0n) is 21.8. The summed E-state index contributed by atoms with van der Waals surface area (Å²) in [6.07, 6.45) is 0.997. The topological polar surface area (TPSA) is 133 Å². The van der Waals surface area contributed by atoms with Crippen LogP contribution in [0.25, 0.3) is 0 Å². The average Bonchev–Trinajstić information content (AvgIpc) is 3.49. The molecule has 4 atom stereocenters. The van der Waals surface area contributed by atoms with E-state index >= 15 is 0 Å². The van der Waals surface area contributed by atoms with Crippen molar-refractivity contribution in [2.75, 3.05) is 23.0 Å². The summed E-state index contributed by atoms with van der Waals surface area (Å²) in [6.45, 7) is 6.11. The van der Waals surface area contributed by atoms with Crippen LogP contribution in [-0.2, 0) is 26.5 Å². The molecule has 3 aliphatic heterocycles. The maximum atomic E-state index is 14.3. The molecule has 3 aliphatic rings. The normalized spacial score (nSPS) is 27.0. The molecule has 2 aromatic rings. The number of hydrogen-bond acceptors (Lipinski definition) is 7. The predicted octanol–water partition coefficient (Wildman–Crippen LogP) is 3.45. The number of anilines is 2. The number of nitro benzene ring substituents is 1. The molecule has 11 heteroatoms. The van der Waals surface area contributed by atoms with Crippen LogP contribution >= 0.6 is 0 Å². The highest BCUT2D eigenvalue weighted by Crippen LogP contribution is 2.60. The number of rotatable bonds is 7. The van der Waals surface area contributed by atoms with Crippen molar-refractivity contribution in [1.82, 2.24) is 0 Å². The molecule has 0 unspecified atom stereocenters. The number of non-ortho nitro benzene ring substituents is 1. The monoisotopic (exact) mass is 539 g/mol. The van der Waals surface area contributed by atoms with Crippen LogP contribution in [0.1, 0.15) is 37.3 Å². The Balaban J connectivity index is 1.58. The smallest absolute Gasteiger partial charge is 0.269 e. The van der Waals surface area contributed by atoms with Crippen LogP contribution in [0.4, 0.5) is 17.1 Å². The van der Waals surface area contributed by atoms with Gasteiger partial charge in [-0.3, -0.25) is 19.7 Å². The Hall–Kier alpha value is -3.12. The Morgan fingerprint density at radius 2 is 1.97 bits per heavy atom. The van der Waals surface area contributed by atoms with E-state index in [2.05, 4.69) is 0 Å². The lowest BCUT2D eigenvalue weighted by atomic mass is 9.82. The quantitative estimate of drug-likeness (QED) is 0.313. The summed E-state index contributed by atoms with van der Waals surface area (Å²) in [6, 6.07) is 11.9. The molecule has 38 heavy (non-hydrogen) atoms. The van der Waals surface area contributed by atoms with Gasteiger partial charge in [-0.25, -0.2) is 0 Å². The van der Waals surface area contributed by atoms with E-state index in [9.17, 15) is 29.6 Å². The van der Waals surface area contributed by atoms with Gasteiger partial charge in [-0.2, -0.15) is 0 Å². The van der Waals surface area contributed by atoms with E-state index in [0.717, 1.165) is 17.7 Å². The van der Waals surface area contributed by atoms with Crippen molar-refractivity contribution in [3.63, 3.8) is 0 Å². The summed E-state index contributed by atoms with van der Waals surface area (Å²) in [7, 11) is -2.87. The highest BCUT2D eigenvalue weighted by molar-refractivity contribution is 6.71. The molecule has 0 bridgehead atoms. The summed E-state index contributed by atoms with van der Waals surface area (Å²) < 4.78 is 6.51. The highest BCUT2D eigenvalue weighted by atomic mass is 28.4. The van der Waals surface area contributed by atoms with Gasteiger partial charge < -0.3 is 24.4 Å². The number of amides is 2. The van der Waals surface area contributed by atoms with Gasteiger partial charge in [0.15, 0.2) is 13.9 Å². The number of nitrogens with zero attached hydrogens (tertiary/aromatic N) is 3. The van der Waals surface area contributed by atoms with Gasteiger partial charge in [0, 0.05) is 54.4 Å². The van der Waals surface area contributed by atoms with Crippen molar-refractivity contribution in [2.24, 2.45) is 5.92 Å². The minimum absolute atomic E-state index is 0.0703. The number of hydrogen-bond donors (Lipinski definition) is 2. The maximum Gasteiger partial charge on any atom is 0.269 e. The first-order chi connectivity index (χ1) is 18.0. The third kappa shape index (κ3) is 4.14.